The van der Waals surface area contributed by atoms with E-state index >= 15 is 0 Å². The molecule has 0 unspecified atom stereocenters. The number of carbonyl (C=O) groups is 1. The van der Waals surface area contributed by atoms with E-state index in [4.69, 9.17) is 0 Å². The number of carbonyl (C=O) groups excluding carboxylic acids is 1. The van der Waals surface area contributed by atoms with Gasteiger partial charge in [0, 0.05) is 41.8 Å². The van der Waals surface area contributed by atoms with Gasteiger partial charge >= 0.3 is 0 Å². The van der Waals surface area contributed by atoms with Crippen molar-refractivity contribution in [1.29, 1.82) is 0 Å². The number of nitrogens with zero attached hydrogens (tertiary/aromatic N) is 3. The number of hydrogen-bond donors (Lipinski definition) is 0. The van der Waals surface area contributed by atoms with Gasteiger partial charge in [0.25, 0.3) is 5.91 Å². The van der Waals surface area contributed by atoms with Crippen LogP contribution in [0.25, 0.3) is 0 Å². The third-order valence-electron chi connectivity index (χ3n) is 4.74. The van der Waals surface area contributed by atoms with E-state index in [1.807, 2.05) is 11.8 Å². The number of amides is 1. The molecule has 0 bridgehead atoms. The molecule has 0 N–H and O–H groups in total. The standard InChI is InChI=1S/C17H21N3OS2/c1-12-10-23-17(18-12)20-8-6-19(7-9-20)16(21)14-11-22-15-5-3-2-4-13(14)15/h10-11H,2-9H2,1H3. The average molecular weight is 348 g/mol. The molecule has 0 atom stereocenters. The fourth-order valence-corrected chi connectivity index (χ4v) is 5.41. The molecule has 2 aromatic rings. The maximum Gasteiger partial charge on any atom is 0.255 e. The van der Waals surface area contributed by atoms with Crippen molar-refractivity contribution in [3.05, 3.63) is 32.5 Å². The third-order valence-corrected chi connectivity index (χ3v) is 6.84. The lowest BCUT2D eigenvalue weighted by atomic mass is 9.95. The highest BCUT2D eigenvalue weighted by Crippen LogP contribution is 2.31. The zero-order chi connectivity index (χ0) is 15.8. The fourth-order valence-electron chi connectivity index (χ4n) is 3.43. The Balaban J connectivity index is 1.44. The van der Waals surface area contributed by atoms with Crippen LogP contribution in [0.1, 0.15) is 39.3 Å². The molecule has 0 radical (unpaired) electrons. The summed E-state index contributed by atoms with van der Waals surface area (Å²) in [5.74, 6) is 0.236. The summed E-state index contributed by atoms with van der Waals surface area (Å²) < 4.78 is 0. The van der Waals surface area contributed by atoms with E-state index in [1.165, 1.54) is 23.3 Å². The van der Waals surface area contributed by atoms with Crippen molar-refractivity contribution in [2.75, 3.05) is 31.1 Å². The molecule has 0 saturated carbocycles. The minimum Gasteiger partial charge on any atom is -0.345 e. The molecule has 2 aliphatic rings. The number of anilines is 1. The molecular weight excluding hydrogens is 326 g/mol. The second kappa shape index (κ2) is 6.24. The largest absolute Gasteiger partial charge is 0.345 e. The summed E-state index contributed by atoms with van der Waals surface area (Å²) in [7, 11) is 0. The van der Waals surface area contributed by atoms with Crippen molar-refractivity contribution in [3.8, 4) is 0 Å². The van der Waals surface area contributed by atoms with E-state index in [-0.39, 0.29) is 5.91 Å². The van der Waals surface area contributed by atoms with Crippen LogP contribution in [-0.4, -0.2) is 42.0 Å². The minimum atomic E-state index is 0.236. The number of aryl methyl sites for hydroxylation is 2. The van der Waals surface area contributed by atoms with Gasteiger partial charge in [0.1, 0.15) is 0 Å². The number of rotatable bonds is 2. The lowest BCUT2D eigenvalue weighted by Crippen LogP contribution is -2.48. The molecule has 6 heteroatoms. The molecular formula is C17H21N3OS2. The van der Waals surface area contributed by atoms with Crippen LogP contribution in [0.5, 0.6) is 0 Å². The molecule has 0 aromatic carbocycles. The van der Waals surface area contributed by atoms with E-state index < -0.39 is 0 Å². The van der Waals surface area contributed by atoms with Crippen LogP contribution in [0, 0.1) is 6.92 Å². The van der Waals surface area contributed by atoms with Gasteiger partial charge in [-0.05, 0) is 38.2 Å². The van der Waals surface area contributed by atoms with E-state index in [1.54, 1.807) is 22.7 Å². The molecule has 122 valence electrons. The first kappa shape index (κ1) is 15.1. The second-order valence-corrected chi connectivity index (χ2v) is 8.11. The number of fused-ring (bicyclic) bond motifs is 1. The number of thiazole rings is 1. The summed E-state index contributed by atoms with van der Waals surface area (Å²) in [6.07, 6.45) is 4.73. The number of aromatic nitrogens is 1. The van der Waals surface area contributed by atoms with Crippen LogP contribution < -0.4 is 4.90 Å². The van der Waals surface area contributed by atoms with Gasteiger partial charge in [-0.25, -0.2) is 4.98 Å². The van der Waals surface area contributed by atoms with Crippen LogP contribution in [0.15, 0.2) is 10.8 Å². The zero-order valence-electron chi connectivity index (χ0n) is 13.4. The molecule has 1 fully saturated rings. The summed E-state index contributed by atoms with van der Waals surface area (Å²) >= 11 is 3.47. The highest BCUT2D eigenvalue weighted by atomic mass is 32.1. The summed E-state index contributed by atoms with van der Waals surface area (Å²) in [5, 5.41) is 5.27. The predicted octanol–water partition coefficient (Wildman–Crippen LogP) is 3.35. The maximum absolute atomic E-state index is 12.9. The summed E-state index contributed by atoms with van der Waals surface area (Å²) in [4.78, 5) is 23.2. The van der Waals surface area contributed by atoms with E-state index in [9.17, 15) is 4.79 Å². The molecule has 1 amide bonds. The van der Waals surface area contributed by atoms with Gasteiger partial charge in [-0.3, -0.25) is 4.79 Å². The highest BCUT2D eigenvalue weighted by molar-refractivity contribution is 7.13. The SMILES string of the molecule is Cc1csc(N2CCN(C(=O)c3csc4c3CCCC4)CC2)n1. The topological polar surface area (TPSA) is 36.4 Å². The van der Waals surface area contributed by atoms with Crippen LogP contribution in [-0.2, 0) is 12.8 Å². The van der Waals surface area contributed by atoms with Gasteiger partial charge in [-0.2, -0.15) is 0 Å². The van der Waals surface area contributed by atoms with Crippen molar-refractivity contribution in [3.63, 3.8) is 0 Å². The first-order valence-electron chi connectivity index (χ1n) is 8.28. The molecule has 1 aliphatic carbocycles. The second-order valence-electron chi connectivity index (χ2n) is 6.31. The first-order chi connectivity index (χ1) is 11.2. The number of hydrogen-bond acceptors (Lipinski definition) is 5. The number of thiophene rings is 1. The molecule has 1 saturated heterocycles. The van der Waals surface area contributed by atoms with Gasteiger partial charge in [0.2, 0.25) is 0 Å². The van der Waals surface area contributed by atoms with Crippen molar-refractivity contribution >= 4 is 33.7 Å². The lowest BCUT2D eigenvalue weighted by molar-refractivity contribution is 0.0746. The average Bonchev–Trinajstić information content (AvgIpc) is 3.21. The Hall–Kier alpha value is -1.40. The minimum absolute atomic E-state index is 0.236. The van der Waals surface area contributed by atoms with Gasteiger partial charge in [-0.15, -0.1) is 22.7 Å². The molecule has 2 aromatic heterocycles. The van der Waals surface area contributed by atoms with Crippen LogP contribution in [0.4, 0.5) is 5.13 Å². The van der Waals surface area contributed by atoms with Crippen LogP contribution in [0.3, 0.4) is 0 Å². The van der Waals surface area contributed by atoms with E-state index in [0.717, 1.165) is 55.4 Å². The summed E-state index contributed by atoms with van der Waals surface area (Å²) in [5.41, 5.74) is 3.39. The molecule has 0 spiro atoms. The molecule has 4 nitrogen and oxygen atoms in total. The van der Waals surface area contributed by atoms with E-state index in [2.05, 4.69) is 20.6 Å². The summed E-state index contributed by atoms with van der Waals surface area (Å²) in [6, 6.07) is 0. The Labute approximate surface area is 144 Å². The quantitative estimate of drug-likeness (QED) is 0.836. The van der Waals surface area contributed by atoms with Crippen molar-refractivity contribution < 1.29 is 4.79 Å². The van der Waals surface area contributed by atoms with Crippen molar-refractivity contribution in [2.24, 2.45) is 0 Å². The molecule has 3 heterocycles. The molecule has 23 heavy (non-hydrogen) atoms. The highest BCUT2D eigenvalue weighted by Gasteiger charge is 2.27. The Morgan fingerprint density at radius 2 is 1.87 bits per heavy atom. The Kier molecular flexibility index (Phi) is 4.11. The van der Waals surface area contributed by atoms with Crippen LogP contribution in [0.2, 0.25) is 0 Å². The van der Waals surface area contributed by atoms with Gasteiger partial charge in [-0.1, -0.05) is 0 Å². The Morgan fingerprint density at radius 3 is 2.61 bits per heavy atom. The van der Waals surface area contributed by atoms with Crippen molar-refractivity contribution in [1.82, 2.24) is 9.88 Å². The lowest BCUT2D eigenvalue weighted by Gasteiger charge is -2.34. The first-order valence-corrected chi connectivity index (χ1v) is 10.0. The monoisotopic (exact) mass is 347 g/mol. The Bertz CT molecular complexity index is 713. The summed E-state index contributed by atoms with van der Waals surface area (Å²) in [6.45, 7) is 5.37. The maximum atomic E-state index is 12.9. The van der Waals surface area contributed by atoms with Gasteiger partial charge < -0.3 is 9.80 Å². The normalized spacial score (nSPS) is 18.1. The predicted molar refractivity (Wildman–Crippen MR) is 95.9 cm³/mol. The van der Waals surface area contributed by atoms with Gasteiger partial charge in [0.05, 0.1) is 11.3 Å². The molecule has 4 rings (SSSR count). The third kappa shape index (κ3) is 2.90. The molecule has 1 aliphatic heterocycles. The van der Waals surface area contributed by atoms with Crippen LogP contribution >= 0.6 is 22.7 Å². The van der Waals surface area contributed by atoms with Crippen molar-refractivity contribution in [2.45, 2.75) is 32.6 Å². The van der Waals surface area contributed by atoms with Gasteiger partial charge in [0.15, 0.2) is 5.13 Å². The van der Waals surface area contributed by atoms with E-state index in [0.29, 0.717) is 0 Å². The fraction of sp³-hybridized carbons (Fsp3) is 0.529. The Morgan fingerprint density at radius 1 is 1.09 bits per heavy atom. The smallest absolute Gasteiger partial charge is 0.255 e. The number of piperazine rings is 1. The zero-order valence-corrected chi connectivity index (χ0v) is 15.0.